The molecule has 2 aliphatic heterocycles. The number of nitrogens with zero attached hydrogens (tertiary/aromatic N) is 4. The number of amides is 2. The molecule has 2 saturated heterocycles. The number of nitrogens with two attached hydrogens (primary N) is 1. The number of benzene rings is 2. The first-order valence-electron chi connectivity index (χ1n) is 17.0. The molecule has 3 aromatic rings. The van der Waals surface area contributed by atoms with E-state index >= 15 is 0 Å². The lowest BCUT2D eigenvalue weighted by atomic mass is 9.99. The van der Waals surface area contributed by atoms with Gasteiger partial charge >= 0.3 is 0 Å². The van der Waals surface area contributed by atoms with Gasteiger partial charge in [-0.2, -0.15) is 0 Å². The number of imidazole rings is 1. The predicted octanol–water partition coefficient (Wildman–Crippen LogP) is 5.54. The summed E-state index contributed by atoms with van der Waals surface area (Å²) in [5.41, 5.74) is 10.2. The largest absolute Gasteiger partial charge is 0.397 e. The van der Waals surface area contributed by atoms with Crippen molar-refractivity contribution in [1.29, 1.82) is 0 Å². The first-order chi connectivity index (χ1) is 22.4. The summed E-state index contributed by atoms with van der Waals surface area (Å²) in [5.74, 6) is 1.87. The number of aromatic nitrogens is 2. The Morgan fingerprint density at radius 2 is 1.45 bits per heavy atom. The number of nitrogens with one attached hydrogen (secondary N) is 1. The zero-order chi connectivity index (χ0) is 34.1. The standard InChI is InChI=1S/C20H29N3O3.C16H25N3O2/c1-5-22(14(2)24)16-6-7-18-17(12-16)21-19(20(3,4)25)23(18)13-15-8-10-26-11-9-15;1-3-19(12(2)20)14-4-5-16(15(17)10-14)18-11-13-6-8-21-9-7-13/h6-7,12,15,25H,5,8-11,13H2,1-4H3;4-5,10,13,18H,3,6-9,11,17H2,1-2H3. The fourth-order valence-electron chi connectivity index (χ4n) is 6.38. The molecule has 0 atom stereocenters. The maximum absolute atomic E-state index is 11.9. The lowest BCUT2D eigenvalue weighted by Crippen LogP contribution is -2.28. The minimum atomic E-state index is -1.03. The van der Waals surface area contributed by atoms with Crippen molar-refractivity contribution in [3.63, 3.8) is 0 Å². The van der Waals surface area contributed by atoms with Gasteiger partial charge in [-0.3, -0.25) is 9.59 Å². The number of fused-ring (bicyclic) bond motifs is 1. The average Bonchev–Trinajstić information content (AvgIpc) is 3.40. The third-order valence-electron chi connectivity index (χ3n) is 9.03. The molecule has 11 nitrogen and oxygen atoms in total. The van der Waals surface area contributed by atoms with E-state index in [9.17, 15) is 14.7 Å². The van der Waals surface area contributed by atoms with E-state index in [1.54, 1.807) is 37.5 Å². The summed E-state index contributed by atoms with van der Waals surface area (Å²) in [6.45, 7) is 16.9. The smallest absolute Gasteiger partial charge is 0.223 e. The Morgan fingerprint density at radius 1 is 0.915 bits per heavy atom. The second-order valence-electron chi connectivity index (χ2n) is 13.1. The molecule has 3 heterocycles. The van der Waals surface area contributed by atoms with Crippen LogP contribution in [0.25, 0.3) is 11.0 Å². The molecule has 2 aliphatic rings. The maximum atomic E-state index is 11.9. The molecule has 0 radical (unpaired) electrons. The van der Waals surface area contributed by atoms with E-state index in [4.69, 9.17) is 20.2 Å². The number of rotatable bonds is 10. The number of aliphatic hydroxyl groups is 1. The highest BCUT2D eigenvalue weighted by Gasteiger charge is 2.27. The molecule has 0 saturated carbocycles. The summed E-state index contributed by atoms with van der Waals surface area (Å²) >= 11 is 0. The minimum absolute atomic E-state index is 0.0104. The molecular formula is C36H54N6O5. The maximum Gasteiger partial charge on any atom is 0.223 e. The topological polar surface area (TPSA) is 135 Å². The molecule has 2 amide bonds. The van der Waals surface area contributed by atoms with Gasteiger partial charge in [0.25, 0.3) is 0 Å². The van der Waals surface area contributed by atoms with Crippen LogP contribution in [0.5, 0.6) is 0 Å². The molecule has 2 aromatic carbocycles. The van der Waals surface area contributed by atoms with Crippen LogP contribution < -0.4 is 20.9 Å². The lowest BCUT2D eigenvalue weighted by Gasteiger charge is -2.26. The second kappa shape index (κ2) is 16.4. The summed E-state index contributed by atoms with van der Waals surface area (Å²) in [6.07, 6.45) is 4.24. The molecule has 1 aromatic heterocycles. The summed E-state index contributed by atoms with van der Waals surface area (Å²) in [6, 6.07) is 11.7. The Hall–Kier alpha value is -3.67. The van der Waals surface area contributed by atoms with Crippen molar-refractivity contribution in [3.05, 3.63) is 42.2 Å². The quantitative estimate of drug-likeness (QED) is 0.244. The molecular weight excluding hydrogens is 596 g/mol. The van der Waals surface area contributed by atoms with Gasteiger partial charge in [-0.05, 0) is 102 Å². The second-order valence-corrected chi connectivity index (χ2v) is 13.1. The van der Waals surface area contributed by atoms with Gasteiger partial charge in [0.2, 0.25) is 11.8 Å². The molecule has 5 rings (SSSR count). The van der Waals surface area contributed by atoms with Gasteiger partial charge in [0.15, 0.2) is 0 Å². The number of anilines is 4. The van der Waals surface area contributed by atoms with Crippen molar-refractivity contribution >= 4 is 45.6 Å². The number of nitrogen functional groups attached to an aromatic ring is 1. The van der Waals surface area contributed by atoms with E-state index in [0.29, 0.717) is 36.4 Å². The van der Waals surface area contributed by atoms with Crippen LogP contribution in [-0.2, 0) is 31.2 Å². The highest BCUT2D eigenvalue weighted by atomic mass is 16.5. The van der Waals surface area contributed by atoms with Crippen molar-refractivity contribution in [2.45, 2.75) is 79.4 Å². The summed E-state index contributed by atoms with van der Waals surface area (Å²) in [4.78, 5) is 31.6. The van der Waals surface area contributed by atoms with Crippen molar-refractivity contribution in [2.24, 2.45) is 11.8 Å². The first kappa shape index (κ1) is 36.2. The van der Waals surface area contributed by atoms with Crippen LogP contribution in [0.1, 0.15) is 73.1 Å². The summed E-state index contributed by atoms with van der Waals surface area (Å²) in [7, 11) is 0. The molecule has 47 heavy (non-hydrogen) atoms. The normalized spacial score (nSPS) is 16.0. The van der Waals surface area contributed by atoms with Gasteiger partial charge in [-0.15, -0.1) is 0 Å². The fraction of sp³-hybridized carbons (Fsp3) is 0.583. The highest BCUT2D eigenvalue weighted by Crippen LogP contribution is 2.31. The van der Waals surface area contributed by atoms with Gasteiger partial charge in [-0.25, -0.2) is 4.98 Å². The number of carbonyl (C=O) groups excluding carboxylic acids is 2. The number of hydrogen-bond acceptors (Lipinski definition) is 8. The van der Waals surface area contributed by atoms with Crippen molar-refractivity contribution in [2.75, 3.05) is 66.9 Å². The molecule has 4 N–H and O–H groups in total. The van der Waals surface area contributed by atoms with Crippen molar-refractivity contribution in [3.8, 4) is 0 Å². The number of ether oxygens (including phenoxy) is 2. The van der Waals surface area contributed by atoms with E-state index in [1.807, 2.05) is 50.2 Å². The van der Waals surface area contributed by atoms with Crippen LogP contribution in [0.2, 0.25) is 0 Å². The van der Waals surface area contributed by atoms with Crippen LogP contribution in [0, 0.1) is 11.8 Å². The van der Waals surface area contributed by atoms with E-state index < -0.39 is 5.60 Å². The van der Waals surface area contributed by atoms with Gasteiger partial charge in [0.05, 0.1) is 22.4 Å². The SMILES string of the molecule is CCN(C(C)=O)c1ccc(NCC2CCOCC2)c(N)c1.CCN(C(C)=O)c1ccc2c(c1)nc(C(C)(C)O)n2CC1CCOCC1. The van der Waals surface area contributed by atoms with Gasteiger partial charge in [0.1, 0.15) is 11.4 Å². The summed E-state index contributed by atoms with van der Waals surface area (Å²) < 4.78 is 13.0. The Balaban J connectivity index is 0.000000218. The number of carbonyl (C=O) groups is 2. The van der Waals surface area contributed by atoms with E-state index in [2.05, 4.69) is 9.88 Å². The number of hydrogen-bond donors (Lipinski definition) is 3. The molecule has 0 spiro atoms. The molecule has 11 heteroatoms. The fourth-order valence-corrected chi connectivity index (χ4v) is 6.38. The Labute approximate surface area is 279 Å². The average molecular weight is 651 g/mol. The van der Waals surface area contributed by atoms with E-state index in [0.717, 1.165) is 93.3 Å². The first-order valence-corrected chi connectivity index (χ1v) is 17.0. The van der Waals surface area contributed by atoms with Crippen LogP contribution in [0.15, 0.2) is 36.4 Å². The lowest BCUT2D eigenvalue weighted by molar-refractivity contribution is -0.117. The molecule has 2 fully saturated rings. The van der Waals surface area contributed by atoms with E-state index in [1.165, 1.54) is 0 Å². The monoisotopic (exact) mass is 650 g/mol. The minimum Gasteiger partial charge on any atom is -0.397 e. The zero-order valence-corrected chi connectivity index (χ0v) is 29.1. The van der Waals surface area contributed by atoms with Gasteiger partial charge < -0.3 is 40.0 Å². The van der Waals surface area contributed by atoms with E-state index in [-0.39, 0.29) is 11.8 Å². The molecule has 258 valence electrons. The zero-order valence-electron chi connectivity index (χ0n) is 29.1. The van der Waals surface area contributed by atoms with Crippen LogP contribution in [-0.4, -0.2) is 72.5 Å². The van der Waals surface area contributed by atoms with Crippen LogP contribution in [0.4, 0.5) is 22.7 Å². The highest BCUT2D eigenvalue weighted by molar-refractivity contribution is 5.94. The van der Waals surface area contributed by atoms with Gasteiger partial charge in [-0.1, -0.05) is 0 Å². The van der Waals surface area contributed by atoms with Crippen molar-refractivity contribution in [1.82, 2.24) is 9.55 Å². The van der Waals surface area contributed by atoms with Crippen LogP contribution in [0.3, 0.4) is 0 Å². The molecule has 0 unspecified atom stereocenters. The Morgan fingerprint density at radius 3 is 1.96 bits per heavy atom. The van der Waals surface area contributed by atoms with Crippen molar-refractivity contribution < 1.29 is 24.2 Å². The van der Waals surface area contributed by atoms with Crippen LogP contribution >= 0.6 is 0 Å². The third kappa shape index (κ3) is 9.46. The Bertz CT molecular complexity index is 1490. The molecule has 0 aliphatic carbocycles. The summed E-state index contributed by atoms with van der Waals surface area (Å²) in [5, 5.41) is 14.1. The van der Waals surface area contributed by atoms with Gasteiger partial charge in [0, 0.05) is 77.8 Å². The Kier molecular flexibility index (Phi) is 12.6. The predicted molar refractivity (Wildman–Crippen MR) is 189 cm³/mol. The molecule has 0 bridgehead atoms. The third-order valence-corrected chi connectivity index (χ3v) is 9.03.